The third-order valence-corrected chi connectivity index (χ3v) is 14.9. The smallest absolute Gasteiger partial charge is 0.192 e. The Labute approximate surface area is 145 Å². The first-order valence-corrected chi connectivity index (χ1v) is 14.4. The van der Waals surface area contributed by atoms with Crippen molar-refractivity contribution in [1.29, 1.82) is 0 Å². The zero-order chi connectivity index (χ0) is 17.3. The molecule has 0 aliphatic heterocycles. The fourth-order valence-electron chi connectivity index (χ4n) is 3.14. The predicted molar refractivity (Wildman–Crippen MR) is 103 cm³/mol. The largest absolute Gasteiger partial charge is 0.461 e. The fourth-order valence-corrected chi connectivity index (χ4v) is 8.26. The molecule has 0 amide bonds. The molecule has 0 saturated heterocycles. The molecule has 0 fully saturated rings. The monoisotopic (exact) mass is 356 g/mol. The van der Waals surface area contributed by atoms with E-state index in [0.717, 1.165) is 11.5 Å². The maximum Gasteiger partial charge on any atom is 0.192 e. The second kappa shape index (κ2) is 9.81. The molecule has 23 heavy (non-hydrogen) atoms. The van der Waals surface area contributed by atoms with Crippen LogP contribution in [-0.4, -0.2) is 16.6 Å². The molecule has 0 radical (unpaired) electrons. The third kappa shape index (κ3) is 5.59. The first-order chi connectivity index (χ1) is 11.0. The van der Waals surface area contributed by atoms with Crippen LogP contribution in [0.2, 0.25) is 36.3 Å². The van der Waals surface area contributed by atoms with Crippen LogP contribution in [0.4, 0.5) is 0 Å². The van der Waals surface area contributed by atoms with Crippen molar-refractivity contribution in [1.82, 2.24) is 0 Å². The van der Waals surface area contributed by atoms with Gasteiger partial charge in [0.15, 0.2) is 16.6 Å². The van der Waals surface area contributed by atoms with E-state index in [4.69, 9.17) is 13.3 Å². The maximum absolute atomic E-state index is 6.30. The van der Waals surface area contributed by atoms with E-state index < -0.39 is 16.6 Å². The average molecular weight is 357 g/mol. The van der Waals surface area contributed by atoms with Crippen molar-refractivity contribution in [3.8, 4) is 0 Å². The van der Waals surface area contributed by atoms with Gasteiger partial charge in [-0.1, -0.05) is 41.5 Å². The molecule has 0 atom stereocenters. The van der Waals surface area contributed by atoms with E-state index in [1.165, 1.54) is 36.3 Å². The summed E-state index contributed by atoms with van der Waals surface area (Å²) in [6, 6.07) is 11.1. The highest BCUT2D eigenvalue weighted by Gasteiger charge is 2.30. The van der Waals surface area contributed by atoms with Crippen molar-refractivity contribution in [2.45, 2.75) is 91.0 Å². The van der Waals surface area contributed by atoms with Gasteiger partial charge in [-0.2, -0.15) is 0 Å². The van der Waals surface area contributed by atoms with Crippen LogP contribution in [0.15, 0.2) is 16.5 Å². The molecule has 134 valence electrons. The molecular weight excluding hydrogens is 320 g/mol. The molecule has 1 aromatic rings. The lowest BCUT2D eigenvalue weighted by atomic mass is 10.4. The Morgan fingerprint density at radius 1 is 0.652 bits per heavy atom. The van der Waals surface area contributed by atoms with E-state index in [-0.39, 0.29) is 0 Å². The number of rotatable bonds is 12. The summed E-state index contributed by atoms with van der Waals surface area (Å²) in [5.41, 5.74) is 0. The Morgan fingerprint density at radius 2 is 0.957 bits per heavy atom. The zero-order valence-electron chi connectivity index (χ0n) is 16.0. The Kier molecular flexibility index (Phi) is 8.82. The molecule has 1 heterocycles. The van der Waals surface area contributed by atoms with Gasteiger partial charge < -0.3 is 13.3 Å². The van der Waals surface area contributed by atoms with Gasteiger partial charge in [0, 0.05) is 0 Å². The molecule has 0 aromatic carbocycles. The molecule has 1 aromatic heterocycles. The fraction of sp³-hybridized carbons (Fsp3) is 0.778. The molecular formula is C18H36O3Si2. The number of furan rings is 1. The molecule has 0 unspecified atom stereocenters. The summed E-state index contributed by atoms with van der Waals surface area (Å²) < 4.78 is 18.5. The topological polar surface area (TPSA) is 31.6 Å². The first-order valence-electron chi connectivity index (χ1n) is 9.38. The summed E-state index contributed by atoms with van der Waals surface area (Å²) >= 11 is 0. The van der Waals surface area contributed by atoms with Gasteiger partial charge >= 0.3 is 0 Å². The van der Waals surface area contributed by atoms with Crippen LogP contribution >= 0.6 is 0 Å². The van der Waals surface area contributed by atoms with Gasteiger partial charge in [0.25, 0.3) is 0 Å². The number of hydrogen-bond donors (Lipinski definition) is 0. The summed E-state index contributed by atoms with van der Waals surface area (Å²) in [5, 5.41) is 0. The van der Waals surface area contributed by atoms with Crippen LogP contribution < -0.4 is 0 Å². The van der Waals surface area contributed by atoms with Gasteiger partial charge in [0.1, 0.15) is 11.5 Å². The van der Waals surface area contributed by atoms with E-state index in [1.54, 1.807) is 0 Å². The summed E-state index contributed by atoms with van der Waals surface area (Å²) in [7, 11) is -3.08. The SMILES string of the molecule is CC[Si](CC)(CC)OCc1ccc(CO[Si](CC)(CC)CC)o1. The van der Waals surface area contributed by atoms with Gasteiger partial charge in [-0.3, -0.25) is 0 Å². The van der Waals surface area contributed by atoms with Crippen LogP contribution in [-0.2, 0) is 22.1 Å². The molecule has 1 rings (SSSR count). The standard InChI is InChI=1S/C18H36O3Si2/c1-7-22(8-2,9-3)19-15-17-13-14-18(21-17)16-20-23(10-4,11-5)12-6/h13-14H,7-12,15-16H2,1-6H3. The van der Waals surface area contributed by atoms with Crippen molar-refractivity contribution < 1.29 is 13.3 Å². The van der Waals surface area contributed by atoms with Gasteiger partial charge in [-0.15, -0.1) is 0 Å². The van der Waals surface area contributed by atoms with E-state index in [0.29, 0.717) is 13.2 Å². The van der Waals surface area contributed by atoms with Gasteiger partial charge in [-0.05, 0) is 48.4 Å². The molecule has 0 spiro atoms. The van der Waals surface area contributed by atoms with Gasteiger partial charge in [0.2, 0.25) is 0 Å². The third-order valence-electron chi connectivity index (χ3n) is 5.62. The van der Waals surface area contributed by atoms with E-state index in [9.17, 15) is 0 Å². The Bertz CT molecular complexity index is 382. The maximum atomic E-state index is 6.30. The Balaban J connectivity index is 2.58. The summed E-state index contributed by atoms with van der Waals surface area (Å²) in [6.07, 6.45) is 0. The zero-order valence-corrected chi connectivity index (χ0v) is 18.0. The molecule has 0 aliphatic carbocycles. The average Bonchev–Trinajstić information content (AvgIpc) is 3.06. The highest BCUT2D eigenvalue weighted by Crippen LogP contribution is 2.25. The molecule has 5 heteroatoms. The molecule has 0 saturated carbocycles. The summed E-state index contributed by atoms with van der Waals surface area (Å²) in [4.78, 5) is 0. The Morgan fingerprint density at radius 3 is 1.22 bits per heavy atom. The number of hydrogen-bond acceptors (Lipinski definition) is 3. The van der Waals surface area contributed by atoms with E-state index >= 15 is 0 Å². The van der Waals surface area contributed by atoms with Crippen molar-refractivity contribution in [3.05, 3.63) is 23.7 Å². The lowest BCUT2D eigenvalue weighted by Gasteiger charge is -2.27. The summed E-state index contributed by atoms with van der Waals surface area (Å²) in [5.74, 6) is 1.88. The molecule has 3 nitrogen and oxygen atoms in total. The second-order valence-electron chi connectivity index (χ2n) is 6.43. The van der Waals surface area contributed by atoms with Crippen LogP contribution in [0.3, 0.4) is 0 Å². The van der Waals surface area contributed by atoms with Gasteiger partial charge in [0.05, 0.1) is 13.2 Å². The van der Waals surface area contributed by atoms with Crippen LogP contribution in [0.25, 0.3) is 0 Å². The molecule has 0 N–H and O–H groups in total. The van der Waals surface area contributed by atoms with E-state index in [2.05, 4.69) is 41.5 Å². The predicted octanol–water partition coefficient (Wildman–Crippen LogP) is 6.32. The lowest BCUT2D eigenvalue weighted by molar-refractivity contribution is 0.224. The normalized spacial score (nSPS) is 12.8. The first kappa shape index (κ1) is 20.7. The quantitative estimate of drug-likeness (QED) is 0.410. The Hall–Kier alpha value is -0.366. The highest BCUT2D eigenvalue weighted by molar-refractivity contribution is 6.73. The van der Waals surface area contributed by atoms with Crippen LogP contribution in [0.5, 0.6) is 0 Å². The van der Waals surface area contributed by atoms with Crippen molar-refractivity contribution in [2.75, 3.05) is 0 Å². The van der Waals surface area contributed by atoms with E-state index in [1.807, 2.05) is 12.1 Å². The molecule has 0 bridgehead atoms. The minimum absolute atomic E-state index is 0.611. The van der Waals surface area contributed by atoms with Gasteiger partial charge in [-0.25, -0.2) is 0 Å². The van der Waals surface area contributed by atoms with Crippen LogP contribution in [0, 0.1) is 0 Å². The van der Waals surface area contributed by atoms with Crippen molar-refractivity contribution in [3.63, 3.8) is 0 Å². The van der Waals surface area contributed by atoms with Crippen molar-refractivity contribution in [2.24, 2.45) is 0 Å². The highest BCUT2D eigenvalue weighted by atomic mass is 28.4. The van der Waals surface area contributed by atoms with Crippen molar-refractivity contribution >= 4 is 16.6 Å². The van der Waals surface area contributed by atoms with Crippen LogP contribution in [0.1, 0.15) is 53.1 Å². The lowest BCUT2D eigenvalue weighted by Crippen LogP contribution is -2.35. The minimum Gasteiger partial charge on any atom is -0.461 e. The summed E-state index contributed by atoms with van der Waals surface area (Å²) in [6.45, 7) is 14.8. The molecule has 0 aliphatic rings. The minimum atomic E-state index is -1.54. The second-order valence-corrected chi connectivity index (χ2v) is 16.0.